The zero-order valence-corrected chi connectivity index (χ0v) is 7.80. The van der Waals surface area contributed by atoms with E-state index in [2.05, 4.69) is 4.98 Å². The molecule has 5 heteroatoms. The van der Waals surface area contributed by atoms with Gasteiger partial charge in [0.05, 0.1) is 11.6 Å². The fraction of sp³-hybridized carbons (Fsp3) is 0.667. The molecular weight excluding hydrogens is 193 g/mol. The van der Waals surface area contributed by atoms with Crippen LogP contribution in [0.3, 0.4) is 0 Å². The van der Waals surface area contributed by atoms with Gasteiger partial charge in [-0.1, -0.05) is 0 Å². The monoisotopic (exact) mass is 204 g/mol. The number of aromatic nitrogens is 2. The number of halogens is 3. The molecule has 1 aromatic heterocycles. The largest absolute Gasteiger partial charge is 0.393 e. The van der Waals surface area contributed by atoms with E-state index in [0.717, 1.165) is 11.5 Å². The molecule has 2 heterocycles. The van der Waals surface area contributed by atoms with Crippen molar-refractivity contribution in [3.63, 3.8) is 0 Å². The minimum absolute atomic E-state index is 0.0275. The molecule has 0 bridgehead atoms. The third kappa shape index (κ3) is 1.63. The van der Waals surface area contributed by atoms with Crippen LogP contribution < -0.4 is 0 Å². The van der Waals surface area contributed by atoms with Gasteiger partial charge in [0.1, 0.15) is 5.82 Å². The van der Waals surface area contributed by atoms with Gasteiger partial charge < -0.3 is 4.57 Å². The molecular formula is C9H11F3N2. The Morgan fingerprint density at radius 1 is 1.50 bits per heavy atom. The van der Waals surface area contributed by atoms with Crippen molar-refractivity contribution in [1.29, 1.82) is 0 Å². The Labute approximate surface area is 79.8 Å². The van der Waals surface area contributed by atoms with Crippen LogP contribution in [-0.2, 0) is 13.0 Å². The van der Waals surface area contributed by atoms with Crippen molar-refractivity contribution in [2.75, 3.05) is 0 Å². The molecule has 14 heavy (non-hydrogen) atoms. The number of aryl methyl sites for hydroxylation is 2. The molecule has 1 atom stereocenters. The first kappa shape index (κ1) is 9.55. The van der Waals surface area contributed by atoms with Gasteiger partial charge in [-0.3, -0.25) is 0 Å². The van der Waals surface area contributed by atoms with E-state index in [4.69, 9.17) is 0 Å². The lowest BCUT2D eigenvalue weighted by Crippen LogP contribution is -2.31. The highest BCUT2D eigenvalue weighted by Gasteiger charge is 2.41. The summed E-state index contributed by atoms with van der Waals surface area (Å²) in [6, 6.07) is 0. The maximum atomic E-state index is 12.4. The van der Waals surface area contributed by atoms with Crippen LogP contribution in [0.1, 0.15) is 17.9 Å². The normalized spacial score (nSPS) is 22.1. The summed E-state index contributed by atoms with van der Waals surface area (Å²) >= 11 is 0. The second-order valence-electron chi connectivity index (χ2n) is 3.73. The van der Waals surface area contributed by atoms with Crippen molar-refractivity contribution in [3.05, 3.63) is 17.7 Å². The van der Waals surface area contributed by atoms with Gasteiger partial charge in [0.15, 0.2) is 0 Å². The standard InChI is InChI=1S/C9H11F3N2/c1-6-4-14-5-7(9(10,11)12)2-3-8(14)13-6/h4,7H,2-3,5H2,1H3. The molecule has 1 aliphatic heterocycles. The zero-order chi connectivity index (χ0) is 10.3. The second kappa shape index (κ2) is 3.00. The average molecular weight is 204 g/mol. The van der Waals surface area contributed by atoms with E-state index in [1.54, 1.807) is 17.7 Å². The average Bonchev–Trinajstić information content (AvgIpc) is 2.41. The fourth-order valence-corrected chi connectivity index (χ4v) is 1.85. The lowest BCUT2D eigenvalue weighted by molar-refractivity contribution is -0.182. The quantitative estimate of drug-likeness (QED) is 0.634. The van der Waals surface area contributed by atoms with Crippen LogP contribution in [-0.4, -0.2) is 15.7 Å². The molecule has 0 N–H and O–H groups in total. The SMILES string of the molecule is Cc1cn2c(n1)CCC(C(F)(F)F)C2. The first-order valence-corrected chi connectivity index (χ1v) is 4.56. The van der Waals surface area contributed by atoms with E-state index in [0.29, 0.717) is 6.42 Å². The molecule has 0 fully saturated rings. The highest BCUT2D eigenvalue weighted by Crippen LogP contribution is 2.34. The first-order chi connectivity index (χ1) is 6.47. The van der Waals surface area contributed by atoms with Gasteiger partial charge in [-0.05, 0) is 13.3 Å². The third-order valence-electron chi connectivity index (χ3n) is 2.58. The molecule has 0 saturated carbocycles. The number of rotatable bonds is 0. The number of nitrogens with zero attached hydrogens (tertiary/aromatic N) is 2. The summed E-state index contributed by atoms with van der Waals surface area (Å²) in [6.45, 7) is 1.83. The highest BCUT2D eigenvalue weighted by molar-refractivity contribution is 5.05. The van der Waals surface area contributed by atoms with Gasteiger partial charge in [-0.25, -0.2) is 4.98 Å². The zero-order valence-electron chi connectivity index (χ0n) is 7.80. The van der Waals surface area contributed by atoms with Crippen molar-refractivity contribution < 1.29 is 13.2 Å². The Kier molecular flexibility index (Phi) is 2.05. The van der Waals surface area contributed by atoms with Gasteiger partial charge in [-0.15, -0.1) is 0 Å². The summed E-state index contributed by atoms with van der Waals surface area (Å²) in [5, 5.41) is 0. The molecule has 78 valence electrons. The van der Waals surface area contributed by atoms with Crippen molar-refractivity contribution in [3.8, 4) is 0 Å². The van der Waals surface area contributed by atoms with E-state index in [1.165, 1.54) is 0 Å². The summed E-state index contributed by atoms with van der Waals surface area (Å²) in [4.78, 5) is 4.16. The number of alkyl halides is 3. The molecule has 1 unspecified atom stereocenters. The van der Waals surface area contributed by atoms with Crippen LogP contribution >= 0.6 is 0 Å². The number of hydrogen-bond donors (Lipinski definition) is 0. The topological polar surface area (TPSA) is 17.8 Å². The summed E-state index contributed by atoms with van der Waals surface area (Å²) < 4.78 is 38.8. The van der Waals surface area contributed by atoms with Crippen molar-refractivity contribution in [1.82, 2.24) is 9.55 Å². The van der Waals surface area contributed by atoms with Crippen molar-refractivity contribution in [2.24, 2.45) is 5.92 Å². The van der Waals surface area contributed by atoms with Crippen molar-refractivity contribution in [2.45, 2.75) is 32.5 Å². The van der Waals surface area contributed by atoms with Gasteiger partial charge in [0, 0.05) is 19.2 Å². The van der Waals surface area contributed by atoms with E-state index in [-0.39, 0.29) is 13.0 Å². The molecule has 0 aliphatic carbocycles. The molecule has 0 spiro atoms. The Morgan fingerprint density at radius 3 is 2.86 bits per heavy atom. The Bertz CT molecular complexity index is 340. The molecule has 2 rings (SSSR count). The molecule has 1 aromatic rings. The van der Waals surface area contributed by atoms with Gasteiger partial charge in [-0.2, -0.15) is 13.2 Å². The number of fused-ring (bicyclic) bond motifs is 1. The Morgan fingerprint density at radius 2 is 2.21 bits per heavy atom. The van der Waals surface area contributed by atoms with Gasteiger partial charge in [0.2, 0.25) is 0 Å². The molecule has 0 aromatic carbocycles. The molecule has 2 nitrogen and oxygen atoms in total. The molecule has 1 aliphatic rings. The van der Waals surface area contributed by atoms with Crippen LogP contribution in [0.25, 0.3) is 0 Å². The first-order valence-electron chi connectivity index (χ1n) is 4.56. The lowest BCUT2D eigenvalue weighted by atomic mass is 9.99. The summed E-state index contributed by atoms with van der Waals surface area (Å²) in [5.41, 5.74) is 0.794. The van der Waals surface area contributed by atoms with Crippen molar-refractivity contribution >= 4 is 0 Å². The molecule has 0 saturated heterocycles. The van der Waals surface area contributed by atoms with E-state index >= 15 is 0 Å². The van der Waals surface area contributed by atoms with E-state index in [9.17, 15) is 13.2 Å². The van der Waals surface area contributed by atoms with Crippen LogP contribution in [0.4, 0.5) is 13.2 Å². The molecule has 0 radical (unpaired) electrons. The van der Waals surface area contributed by atoms with Gasteiger partial charge >= 0.3 is 6.18 Å². The Balaban J connectivity index is 2.21. The summed E-state index contributed by atoms with van der Waals surface area (Å²) in [6.07, 6.45) is -1.79. The summed E-state index contributed by atoms with van der Waals surface area (Å²) in [7, 11) is 0. The number of imidazole rings is 1. The minimum Gasteiger partial charge on any atom is -0.334 e. The Hall–Kier alpha value is -1.00. The van der Waals surface area contributed by atoms with Crippen LogP contribution in [0.2, 0.25) is 0 Å². The summed E-state index contributed by atoms with van der Waals surface area (Å²) in [5.74, 6) is -0.424. The fourth-order valence-electron chi connectivity index (χ4n) is 1.85. The number of hydrogen-bond acceptors (Lipinski definition) is 1. The third-order valence-corrected chi connectivity index (χ3v) is 2.58. The minimum atomic E-state index is -4.07. The smallest absolute Gasteiger partial charge is 0.334 e. The van der Waals surface area contributed by atoms with Crippen LogP contribution in [0.5, 0.6) is 0 Å². The maximum absolute atomic E-state index is 12.4. The predicted molar refractivity (Wildman–Crippen MR) is 44.8 cm³/mol. The predicted octanol–water partition coefficient (Wildman–Crippen LogP) is 2.32. The lowest BCUT2D eigenvalue weighted by Gasteiger charge is -2.25. The van der Waals surface area contributed by atoms with Gasteiger partial charge in [0.25, 0.3) is 0 Å². The van der Waals surface area contributed by atoms with E-state index in [1.807, 2.05) is 0 Å². The highest BCUT2D eigenvalue weighted by atomic mass is 19.4. The van der Waals surface area contributed by atoms with Crippen LogP contribution in [0.15, 0.2) is 6.20 Å². The molecule has 0 amide bonds. The van der Waals surface area contributed by atoms with E-state index < -0.39 is 12.1 Å². The van der Waals surface area contributed by atoms with Crippen LogP contribution in [0, 0.1) is 12.8 Å². The maximum Gasteiger partial charge on any atom is 0.393 e. The second-order valence-corrected chi connectivity index (χ2v) is 3.73.